The zero-order chi connectivity index (χ0) is 14.8. The summed E-state index contributed by atoms with van der Waals surface area (Å²) in [4.78, 5) is 6.69. The number of likely N-dealkylation sites (tertiary alicyclic amines) is 1. The van der Waals surface area contributed by atoms with E-state index in [4.69, 9.17) is 0 Å². The van der Waals surface area contributed by atoms with Gasteiger partial charge in [0.15, 0.2) is 0 Å². The summed E-state index contributed by atoms with van der Waals surface area (Å²) in [7, 11) is 0. The van der Waals surface area contributed by atoms with Crippen molar-refractivity contribution in [1.29, 1.82) is 0 Å². The van der Waals surface area contributed by atoms with Crippen LogP contribution in [0.4, 0.5) is 0 Å². The van der Waals surface area contributed by atoms with Crippen molar-refractivity contribution in [3.63, 3.8) is 0 Å². The monoisotopic (exact) mass is 289 g/mol. The topological polar surface area (TPSA) is 21.1 Å². The van der Waals surface area contributed by atoms with Gasteiger partial charge in [0.2, 0.25) is 0 Å². The van der Waals surface area contributed by atoms with E-state index in [2.05, 4.69) is 81.3 Å². The van der Waals surface area contributed by atoms with Gasteiger partial charge in [0.05, 0.1) is 18.4 Å². The van der Waals surface area contributed by atoms with Crippen LogP contribution in [0.5, 0.6) is 0 Å². The lowest BCUT2D eigenvalue weighted by Crippen LogP contribution is -2.49. The lowest BCUT2D eigenvalue weighted by Gasteiger charge is -2.45. The van der Waals surface area contributed by atoms with Crippen LogP contribution in [0.15, 0.2) is 79.4 Å². The average molecular weight is 289 g/mol. The summed E-state index contributed by atoms with van der Waals surface area (Å²) in [5.41, 5.74) is 2.72. The summed E-state index contributed by atoms with van der Waals surface area (Å²) in [6.07, 6.45) is 5.83. The van der Waals surface area contributed by atoms with E-state index in [-0.39, 0.29) is 0 Å². The Bertz CT molecular complexity index is 661. The van der Waals surface area contributed by atoms with Gasteiger partial charge in [-0.05, 0) is 11.1 Å². The van der Waals surface area contributed by atoms with Crippen LogP contribution in [0, 0.1) is 0 Å². The minimum absolute atomic E-state index is 0.335. The SMILES string of the molecule is c1ccc(C(c2ccccc2)N2CC(n3ccnc3)C2)cc1. The minimum Gasteiger partial charge on any atom is -0.332 e. The predicted molar refractivity (Wildman–Crippen MR) is 87.6 cm³/mol. The Morgan fingerprint density at radius 2 is 1.45 bits per heavy atom. The highest BCUT2D eigenvalue weighted by Gasteiger charge is 2.34. The normalized spacial score (nSPS) is 15.9. The third kappa shape index (κ3) is 2.44. The molecule has 1 aliphatic rings. The highest BCUT2D eigenvalue weighted by molar-refractivity contribution is 5.32. The van der Waals surface area contributed by atoms with E-state index in [0.29, 0.717) is 12.1 Å². The van der Waals surface area contributed by atoms with Crippen LogP contribution >= 0.6 is 0 Å². The maximum Gasteiger partial charge on any atom is 0.0949 e. The van der Waals surface area contributed by atoms with E-state index in [0.717, 1.165) is 13.1 Å². The summed E-state index contributed by atoms with van der Waals surface area (Å²) in [6, 6.07) is 22.4. The van der Waals surface area contributed by atoms with E-state index in [1.165, 1.54) is 11.1 Å². The molecule has 1 aromatic heterocycles. The molecule has 22 heavy (non-hydrogen) atoms. The Balaban J connectivity index is 1.60. The Labute approximate surface area is 130 Å². The average Bonchev–Trinajstić information content (AvgIpc) is 3.06. The van der Waals surface area contributed by atoms with Gasteiger partial charge in [-0.2, -0.15) is 0 Å². The first-order valence-electron chi connectivity index (χ1n) is 7.73. The molecular formula is C19H19N3. The van der Waals surface area contributed by atoms with Crippen molar-refractivity contribution in [2.45, 2.75) is 12.1 Å². The molecule has 0 radical (unpaired) electrons. The van der Waals surface area contributed by atoms with Gasteiger partial charge in [0.1, 0.15) is 0 Å². The van der Waals surface area contributed by atoms with Crippen molar-refractivity contribution in [2.75, 3.05) is 13.1 Å². The molecule has 0 atom stereocenters. The van der Waals surface area contributed by atoms with Crippen LogP contribution in [0.1, 0.15) is 23.2 Å². The second-order valence-corrected chi connectivity index (χ2v) is 5.84. The van der Waals surface area contributed by atoms with Crippen molar-refractivity contribution in [2.24, 2.45) is 0 Å². The molecule has 2 aromatic carbocycles. The summed E-state index contributed by atoms with van der Waals surface area (Å²) in [5.74, 6) is 0. The zero-order valence-corrected chi connectivity index (χ0v) is 12.4. The summed E-state index contributed by atoms with van der Waals surface area (Å²) in [6.45, 7) is 2.12. The van der Waals surface area contributed by atoms with Gasteiger partial charge >= 0.3 is 0 Å². The van der Waals surface area contributed by atoms with Crippen molar-refractivity contribution < 1.29 is 0 Å². The first-order chi connectivity index (χ1) is 10.9. The van der Waals surface area contributed by atoms with Gasteiger partial charge in [-0.3, -0.25) is 4.90 Å². The largest absolute Gasteiger partial charge is 0.332 e. The van der Waals surface area contributed by atoms with E-state index >= 15 is 0 Å². The predicted octanol–water partition coefficient (Wildman–Crippen LogP) is 3.53. The fourth-order valence-electron chi connectivity index (χ4n) is 3.26. The lowest BCUT2D eigenvalue weighted by molar-refractivity contribution is 0.0751. The second kappa shape index (κ2) is 5.78. The first-order valence-corrected chi connectivity index (χ1v) is 7.73. The van der Waals surface area contributed by atoms with Crippen LogP contribution in [-0.4, -0.2) is 27.5 Å². The van der Waals surface area contributed by atoms with Gasteiger partial charge < -0.3 is 4.57 Å². The minimum atomic E-state index is 0.335. The Morgan fingerprint density at radius 3 is 1.95 bits per heavy atom. The fourth-order valence-corrected chi connectivity index (χ4v) is 3.26. The maximum atomic E-state index is 4.16. The van der Waals surface area contributed by atoms with Crippen molar-refractivity contribution in [1.82, 2.24) is 14.5 Å². The molecule has 1 fully saturated rings. The quantitative estimate of drug-likeness (QED) is 0.732. The molecule has 110 valence electrons. The molecule has 0 spiro atoms. The molecule has 0 bridgehead atoms. The third-order valence-electron chi connectivity index (χ3n) is 4.43. The molecule has 3 nitrogen and oxygen atoms in total. The molecule has 3 heteroatoms. The Kier molecular flexibility index (Phi) is 3.49. The first kappa shape index (κ1) is 13.3. The van der Waals surface area contributed by atoms with Crippen LogP contribution in [0.3, 0.4) is 0 Å². The molecule has 0 amide bonds. The molecule has 0 saturated carbocycles. The van der Waals surface area contributed by atoms with Gasteiger partial charge in [-0.15, -0.1) is 0 Å². The van der Waals surface area contributed by atoms with E-state index in [1.54, 1.807) is 0 Å². The van der Waals surface area contributed by atoms with Gasteiger partial charge in [-0.25, -0.2) is 4.98 Å². The highest BCUT2D eigenvalue weighted by atomic mass is 15.3. The number of rotatable bonds is 4. The van der Waals surface area contributed by atoms with Crippen molar-refractivity contribution >= 4 is 0 Å². The molecule has 0 N–H and O–H groups in total. The Hall–Kier alpha value is -2.39. The van der Waals surface area contributed by atoms with Crippen LogP contribution in [0.2, 0.25) is 0 Å². The van der Waals surface area contributed by atoms with E-state index < -0.39 is 0 Å². The number of benzene rings is 2. The molecule has 1 saturated heterocycles. The van der Waals surface area contributed by atoms with Gasteiger partial charge in [0, 0.05) is 25.5 Å². The number of imidazole rings is 1. The number of aromatic nitrogens is 2. The van der Waals surface area contributed by atoms with E-state index in [9.17, 15) is 0 Å². The lowest BCUT2D eigenvalue weighted by atomic mass is 9.93. The van der Waals surface area contributed by atoms with Crippen LogP contribution in [-0.2, 0) is 0 Å². The zero-order valence-electron chi connectivity index (χ0n) is 12.4. The molecule has 0 aliphatic carbocycles. The molecule has 2 heterocycles. The van der Waals surface area contributed by atoms with Crippen LogP contribution in [0.25, 0.3) is 0 Å². The smallest absolute Gasteiger partial charge is 0.0949 e. The summed E-state index contributed by atoms with van der Waals surface area (Å²) in [5, 5.41) is 0. The van der Waals surface area contributed by atoms with Crippen molar-refractivity contribution in [3.8, 4) is 0 Å². The standard InChI is InChI=1S/C19H19N3/c1-3-7-16(8-4-1)19(17-9-5-2-6-10-17)22-13-18(14-22)21-12-11-20-15-21/h1-12,15,18-19H,13-14H2. The van der Waals surface area contributed by atoms with Gasteiger partial charge in [0.25, 0.3) is 0 Å². The highest BCUT2D eigenvalue weighted by Crippen LogP contribution is 2.35. The molecule has 3 aromatic rings. The maximum absolute atomic E-state index is 4.16. The van der Waals surface area contributed by atoms with E-state index in [1.807, 2.05) is 12.5 Å². The fraction of sp³-hybridized carbons (Fsp3) is 0.211. The molecule has 1 aliphatic heterocycles. The number of nitrogens with zero attached hydrogens (tertiary/aromatic N) is 3. The molecule has 0 unspecified atom stereocenters. The molecular weight excluding hydrogens is 270 g/mol. The van der Waals surface area contributed by atoms with Gasteiger partial charge in [-0.1, -0.05) is 60.7 Å². The summed E-state index contributed by atoms with van der Waals surface area (Å²) >= 11 is 0. The van der Waals surface area contributed by atoms with Crippen LogP contribution < -0.4 is 0 Å². The second-order valence-electron chi connectivity index (χ2n) is 5.84. The van der Waals surface area contributed by atoms with Crippen molar-refractivity contribution in [3.05, 3.63) is 90.5 Å². The molecule has 4 rings (SSSR count). The number of hydrogen-bond donors (Lipinski definition) is 0. The third-order valence-corrected chi connectivity index (χ3v) is 4.43. The Morgan fingerprint density at radius 1 is 0.864 bits per heavy atom. The summed E-state index contributed by atoms with van der Waals surface area (Å²) < 4.78 is 2.21. The number of hydrogen-bond acceptors (Lipinski definition) is 2.